The van der Waals surface area contributed by atoms with E-state index in [-0.39, 0.29) is 11.6 Å². The zero-order valence-electron chi connectivity index (χ0n) is 9.31. The summed E-state index contributed by atoms with van der Waals surface area (Å²) < 4.78 is 5.62. The van der Waals surface area contributed by atoms with Gasteiger partial charge in [0.05, 0.1) is 5.60 Å². The van der Waals surface area contributed by atoms with Crippen molar-refractivity contribution in [2.45, 2.75) is 57.1 Å². The minimum absolute atomic E-state index is 0.0462. The van der Waals surface area contributed by atoms with Crippen LogP contribution >= 0.6 is 0 Å². The van der Waals surface area contributed by atoms with Crippen LogP contribution < -0.4 is 5.73 Å². The molecular formula is C12H21NO. The second-order valence-electron chi connectivity index (χ2n) is 4.05. The van der Waals surface area contributed by atoms with E-state index in [4.69, 9.17) is 10.5 Å². The van der Waals surface area contributed by atoms with Crippen molar-refractivity contribution < 1.29 is 4.74 Å². The van der Waals surface area contributed by atoms with E-state index in [1.807, 2.05) is 6.92 Å². The summed E-state index contributed by atoms with van der Waals surface area (Å²) in [5, 5.41) is 0. The predicted molar refractivity (Wildman–Crippen MR) is 58.9 cm³/mol. The van der Waals surface area contributed by atoms with E-state index in [1.165, 1.54) is 12.8 Å². The van der Waals surface area contributed by atoms with Gasteiger partial charge < -0.3 is 10.5 Å². The van der Waals surface area contributed by atoms with Gasteiger partial charge in [0.15, 0.2) is 0 Å². The van der Waals surface area contributed by atoms with Crippen LogP contribution in [0.2, 0.25) is 0 Å². The average Bonchev–Trinajstić information content (AvgIpc) is 2.67. The molecule has 80 valence electrons. The van der Waals surface area contributed by atoms with Gasteiger partial charge in [-0.05, 0) is 26.2 Å². The summed E-state index contributed by atoms with van der Waals surface area (Å²) in [7, 11) is 1.79. The van der Waals surface area contributed by atoms with Gasteiger partial charge in [-0.25, -0.2) is 0 Å². The molecule has 1 atom stereocenters. The van der Waals surface area contributed by atoms with Crippen LogP contribution in [0, 0.1) is 11.8 Å². The maximum absolute atomic E-state index is 6.17. The third kappa shape index (κ3) is 2.50. The Hall–Kier alpha value is -0.520. The predicted octanol–water partition coefficient (Wildman–Crippen LogP) is 2.08. The van der Waals surface area contributed by atoms with E-state index in [0.717, 1.165) is 25.7 Å². The van der Waals surface area contributed by atoms with Crippen molar-refractivity contribution in [1.29, 1.82) is 0 Å². The summed E-state index contributed by atoms with van der Waals surface area (Å²) in [6.07, 6.45) is 6.58. The summed E-state index contributed by atoms with van der Waals surface area (Å²) in [6.45, 7) is 1.87. The second-order valence-corrected chi connectivity index (χ2v) is 4.05. The van der Waals surface area contributed by atoms with Crippen LogP contribution in [0.4, 0.5) is 0 Å². The van der Waals surface area contributed by atoms with Crippen molar-refractivity contribution in [2.24, 2.45) is 5.73 Å². The summed E-state index contributed by atoms with van der Waals surface area (Å²) >= 11 is 0. The molecule has 14 heavy (non-hydrogen) atoms. The number of methoxy groups -OCH3 is 1. The van der Waals surface area contributed by atoms with E-state index >= 15 is 0 Å². The molecule has 0 aromatic heterocycles. The van der Waals surface area contributed by atoms with Crippen molar-refractivity contribution >= 4 is 0 Å². The molecule has 1 saturated carbocycles. The molecule has 1 unspecified atom stereocenters. The Labute approximate surface area is 87.2 Å². The minimum atomic E-state index is -0.0462. The summed E-state index contributed by atoms with van der Waals surface area (Å²) in [5.74, 6) is 5.96. The van der Waals surface area contributed by atoms with Crippen molar-refractivity contribution in [1.82, 2.24) is 0 Å². The lowest BCUT2D eigenvalue weighted by molar-refractivity contribution is -0.0270. The smallest absolute Gasteiger partial charge is 0.0829 e. The molecule has 1 aliphatic carbocycles. The first-order chi connectivity index (χ1) is 6.75. The lowest BCUT2D eigenvalue weighted by Gasteiger charge is -2.33. The van der Waals surface area contributed by atoms with Crippen molar-refractivity contribution in [3.8, 4) is 11.8 Å². The van der Waals surface area contributed by atoms with Crippen molar-refractivity contribution in [2.75, 3.05) is 7.11 Å². The summed E-state index contributed by atoms with van der Waals surface area (Å²) in [6, 6.07) is 0.149. The first-order valence-electron chi connectivity index (χ1n) is 5.45. The van der Waals surface area contributed by atoms with Crippen LogP contribution in [0.15, 0.2) is 0 Å². The highest BCUT2D eigenvalue weighted by molar-refractivity contribution is 5.00. The Morgan fingerprint density at radius 2 is 2.07 bits per heavy atom. The molecule has 0 aromatic rings. The van der Waals surface area contributed by atoms with E-state index < -0.39 is 0 Å². The largest absolute Gasteiger partial charge is 0.377 e. The van der Waals surface area contributed by atoms with Gasteiger partial charge in [0.1, 0.15) is 0 Å². The molecule has 0 amide bonds. The molecule has 1 rings (SSSR count). The van der Waals surface area contributed by atoms with Gasteiger partial charge in [0.2, 0.25) is 0 Å². The number of hydrogen-bond acceptors (Lipinski definition) is 2. The van der Waals surface area contributed by atoms with Gasteiger partial charge in [-0.2, -0.15) is 0 Å². The molecule has 2 N–H and O–H groups in total. The zero-order valence-corrected chi connectivity index (χ0v) is 9.31. The van der Waals surface area contributed by atoms with Gasteiger partial charge >= 0.3 is 0 Å². The number of ether oxygens (including phenoxy) is 1. The van der Waals surface area contributed by atoms with Crippen LogP contribution in [0.25, 0.3) is 0 Å². The molecule has 0 bridgehead atoms. The average molecular weight is 195 g/mol. The molecule has 0 aromatic carbocycles. The highest BCUT2D eigenvalue weighted by Crippen LogP contribution is 2.36. The Morgan fingerprint density at radius 3 is 2.57 bits per heavy atom. The monoisotopic (exact) mass is 195 g/mol. The molecular weight excluding hydrogens is 174 g/mol. The normalized spacial score (nSPS) is 21.4. The molecule has 2 nitrogen and oxygen atoms in total. The topological polar surface area (TPSA) is 35.2 Å². The zero-order chi connectivity index (χ0) is 10.4. The molecule has 0 spiro atoms. The summed E-state index contributed by atoms with van der Waals surface area (Å²) in [5.41, 5.74) is 6.13. The fourth-order valence-electron chi connectivity index (χ4n) is 2.32. The maximum atomic E-state index is 6.17. The number of rotatable bonds is 4. The fraction of sp³-hybridized carbons (Fsp3) is 0.833. The van der Waals surface area contributed by atoms with E-state index in [2.05, 4.69) is 11.8 Å². The lowest BCUT2D eigenvalue weighted by atomic mass is 9.89. The van der Waals surface area contributed by atoms with Gasteiger partial charge in [-0.3, -0.25) is 0 Å². The Morgan fingerprint density at radius 1 is 1.43 bits per heavy atom. The first kappa shape index (κ1) is 11.6. The van der Waals surface area contributed by atoms with Crippen LogP contribution in [0.1, 0.15) is 45.4 Å². The molecule has 0 saturated heterocycles. The quantitative estimate of drug-likeness (QED) is 0.697. The fourth-order valence-corrected chi connectivity index (χ4v) is 2.32. The first-order valence-corrected chi connectivity index (χ1v) is 5.45. The Kier molecular flexibility index (Phi) is 4.44. The SMILES string of the molecule is CC#CCCC(N)C1(OC)CCCC1. The number of nitrogens with two attached hydrogens (primary N) is 1. The molecule has 0 heterocycles. The molecule has 0 radical (unpaired) electrons. The lowest BCUT2D eigenvalue weighted by Crippen LogP contribution is -2.47. The maximum Gasteiger partial charge on any atom is 0.0829 e. The van der Waals surface area contributed by atoms with Crippen molar-refractivity contribution in [3.05, 3.63) is 0 Å². The van der Waals surface area contributed by atoms with Crippen LogP contribution in [0.5, 0.6) is 0 Å². The van der Waals surface area contributed by atoms with Crippen LogP contribution in [-0.2, 0) is 4.74 Å². The third-order valence-electron chi connectivity index (χ3n) is 3.29. The standard InChI is InChI=1S/C12H21NO/c1-3-4-5-8-11(13)12(14-2)9-6-7-10-12/h11H,5-10,13H2,1-2H3. The molecule has 0 aliphatic heterocycles. The third-order valence-corrected chi connectivity index (χ3v) is 3.29. The van der Waals surface area contributed by atoms with E-state index in [9.17, 15) is 0 Å². The molecule has 1 aliphatic rings. The highest BCUT2D eigenvalue weighted by Gasteiger charge is 2.39. The van der Waals surface area contributed by atoms with Gasteiger partial charge in [0.25, 0.3) is 0 Å². The minimum Gasteiger partial charge on any atom is -0.377 e. The van der Waals surface area contributed by atoms with Crippen LogP contribution in [0.3, 0.4) is 0 Å². The van der Waals surface area contributed by atoms with Crippen LogP contribution in [-0.4, -0.2) is 18.8 Å². The summed E-state index contributed by atoms with van der Waals surface area (Å²) in [4.78, 5) is 0. The number of hydrogen-bond donors (Lipinski definition) is 1. The van der Waals surface area contributed by atoms with Gasteiger partial charge in [-0.15, -0.1) is 11.8 Å². The molecule has 1 fully saturated rings. The van der Waals surface area contributed by atoms with Gasteiger partial charge in [0, 0.05) is 19.6 Å². The van der Waals surface area contributed by atoms with Crippen molar-refractivity contribution in [3.63, 3.8) is 0 Å². The Balaban J connectivity index is 2.45. The highest BCUT2D eigenvalue weighted by atomic mass is 16.5. The molecule has 2 heteroatoms. The van der Waals surface area contributed by atoms with E-state index in [1.54, 1.807) is 7.11 Å². The second kappa shape index (κ2) is 5.38. The van der Waals surface area contributed by atoms with E-state index in [0.29, 0.717) is 0 Å². The van der Waals surface area contributed by atoms with Gasteiger partial charge in [-0.1, -0.05) is 12.8 Å². The Bertz CT molecular complexity index is 220.